The Balaban J connectivity index is 2.20. The van der Waals surface area contributed by atoms with Gasteiger partial charge in [-0.2, -0.15) is 0 Å². The second-order valence-electron chi connectivity index (χ2n) is 5.48. The van der Waals surface area contributed by atoms with Crippen molar-refractivity contribution in [2.75, 3.05) is 0 Å². The van der Waals surface area contributed by atoms with Crippen molar-refractivity contribution in [3.8, 4) is 0 Å². The number of hydrogen-bond donors (Lipinski definition) is 1. The van der Waals surface area contributed by atoms with Crippen LogP contribution in [-0.4, -0.2) is 26.5 Å². The third-order valence-corrected chi connectivity index (χ3v) is 5.82. The quantitative estimate of drug-likeness (QED) is 0.786. The first-order valence-corrected chi connectivity index (χ1v) is 8.55. The van der Waals surface area contributed by atoms with E-state index in [0.717, 1.165) is 29.7 Å². The largest absolute Gasteiger partial charge is 0.389 e. The molecular weight excluding hydrogens is 272 g/mol. The molecular formula is C16H24O3S. The van der Waals surface area contributed by atoms with E-state index in [4.69, 9.17) is 4.74 Å². The van der Waals surface area contributed by atoms with Gasteiger partial charge in [0.05, 0.1) is 16.9 Å². The van der Waals surface area contributed by atoms with Crippen molar-refractivity contribution in [3.05, 3.63) is 29.8 Å². The lowest BCUT2D eigenvalue weighted by molar-refractivity contribution is 0.114. The first-order chi connectivity index (χ1) is 9.56. The van der Waals surface area contributed by atoms with Crippen molar-refractivity contribution in [2.45, 2.75) is 68.5 Å². The summed E-state index contributed by atoms with van der Waals surface area (Å²) in [7, 11) is -1.33. The minimum Gasteiger partial charge on any atom is -0.389 e. The molecule has 20 heavy (non-hydrogen) atoms. The van der Waals surface area contributed by atoms with Crippen LogP contribution in [0, 0.1) is 6.92 Å². The third-order valence-electron chi connectivity index (χ3n) is 3.91. The maximum atomic E-state index is 12.8. The molecule has 1 aromatic carbocycles. The van der Waals surface area contributed by atoms with Gasteiger partial charge in [-0.25, -0.2) is 0 Å². The highest BCUT2D eigenvalue weighted by Crippen LogP contribution is 2.48. The number of aliphatic hydroxyl groups excluding tert-OH is 1. The second-order valence-corrected chi connectivity index (χ2v) is 7.12. The van der Waals surface area contributed by atoms with Crippen molar-refractivity contribution >= 4 is 10.8 Å². The molecule has 1 saturated heterocycles. The summed E-state index contributed by atoms with van der Waals surface area (Å²) in [5.41, 5.74) is 1.13. The van der Waals surface area contributed by atoms with Crippen LogP contribution in [0.15, 0.2) is 29.2 Å². The van der Waals surface area contributed by atoms with Gasteiger partial charge in [0.1, 0.15) is 6.10 Å². The van der Waals surface area contributed by atoms with E-state index in [9.17, 15) is 9.32 Å². The van der Waals surface area contributed by atoms with Crippen molar-refractivity contribution < 1.29 is 14.1 Å². The van der Waals surface area contributed by atoms with Gasteiger partial charge in [0.25, 0.3) is 0 Å². The van der Waals surface area contributed by atoms with E-state index < -0.39 is 21.8 Å². The predicted molar refractivity (Wildman–Crippen MR) is 81.0 cm³/mol. The number of aliphatic hydroxyl groups is 1. The fourth-order valence-corrected chi connectivity index (χ4v) is 4.27. The molecule has 1 unspecified atom stereocenters. The predicted octanol–water partition coefficient (Wildman–Crippen LogP) is 3.16. The van der Waals surface area contributed by atoms with Crippen LogP contribution in [0.5, 0.6) is 0 Å². The zero-order chi connectivity index (χ0) is 14.8. The lowest BCUT2D eigenvalue weighted by Gasteiger charge is -2.18. The molecule has 1 aliphatic rings. The highest BCUT2D eigenvalue weighted by molar-refractivity contribution is 7.86. The molecule has 2 rings (SSSR count). The molecule has 0 aromatic heterocycles. The van der Waals surface area contributed by atoms with E-state index in [1.807, 2.05) is 38.1 Å². The number of hydrogen-bond acceptors (Lipinski definition) is 3. The van der Waals surface area contributed by atoms with Crippen molar-refractivity contribution in [1.82, 2.24) is 0 Å². The van der Waals surface area contributed by atoms with Gasteiger partial charge in [-0.3, -0.25) is 4.21 Å². The summed E-state index contributed by atoms with van der Waals surface area (Å²) < 4.78 is 18.6. The molecule has 1 heterocycles. The zero-order valence-electron chi connectivity index (χ0n) is 12.5. The van der Waals surface area contributed by atoms with Crippen LogP contribution in [0.25, 0.3) is 0 Å². The molecule has 4 heteroatoms. The minimum atomic E-state index is -1.33. The van der Waals surface area contributed by atoms with Gasteiger partial charge in [-0.1, -0.05) is 44.4 Å². The first-order valence-electron chi connectivity index (χ1n) is 7.40. The maximum Gasteiger partial charge on any atom is 0.199 e. The van der Waals surface area contributed by atoms with Gasteiger partial charge in [0.15, 0.2) is 4.93 Å². The highest BCUT2D eigenvalue weighted by atomic mass is 32.2. The SMILES string of the molecule is CCCC[C@H]1O[C@]1([C@@H](O)CC)S(=O)c1ccc(C)cc1. The van der Waals surface area contributed by atoms with Gasteiger partial charge in [0, 0.05) is 4.90 Å². The number of aryl methyl sites for hydroxylation is 1. The summed E-state index contributed by atoms with van der Waals surface area (Å²) in [4.78, 5) is -0.152. The average molecular weight is 296 g/mol. The topological polar surface area (TPSA) is 49.8 Å². The zero-order valence-corrected chi connectivity index (χ0v) is 13.3. The normalized spacial score (nSPS) is 28.1. The number of rotatable bonds is 7. The molecule has 112 valence electrons. The Bertz CT molecular complexity index is 471. The summed E-state index contributed by atoms with van der Waals surface area (Å²) in [6.45, 7) is 6.02. The summed E-state index contributed by atoms with van der Waals surface area (Å²) in [6, 6.07) is 7.63. The molecule has 0 saturated carbocycles. The fraction of sp³-hybridized carbons (Fsp3) is 0.625. The fourth-order valence-electron chi connectivity index (χ4n) is 2.55. The minimum absolute atomic E-state index is 0.0838. The van der Waals surface area contributed by atoms with Crippen molar-refractivity contribution in [1.29, 1.82) is 0 Å². The number of unbranched alkanes of at least 4 members (excludes halogenated alkanes) is 1. The number of benzene rings is 1. The van der Waals surface area contributed by atoms with Crippen molar-refractivity contribution in [3.63, 3.8) is 0 Å². The Morgan fingerprint density at radius 1 is 1.35 bits per heavy atom. The summed E-state index contributed by atoms with van der Waals surface area (Å²) in [5.74, 6) is 0. The lowest BCUT2D eigenvalue weighted by atomic mass is 10.1. The Hall–Kier alpha value is -0.710. The molecule has 1 aliphatic heterocycles. The van der Waals surface area contributed by atoms with Gasteiger partial charge >= 0.3 is 0 Å². The van der Waals surface area contributed by atoms with Crippen molar-refractivity contribution in [2.24, 2.45) is 0 Å². The number of ether oxygens (including phenoxy) is 1. The van der Waals surface area contributed by atoms with Crippen LogP contribution in [0.3, 0.4) is 0 Å². The molecule has 0 amide bonds. The molecule has 1 aromatic rings. The molecule has 0 spiro atoms. The van der Waals surface area contributed by atoms with Crippen LogP contribution < -0.4 is 0 Å². The second kappa shape index (κ2) is 6.37. The van der Waals surface area contributed by atoms with Crippen LogP contribution in [0.4, 0.5) is 0 Å². The van der Waals surface area contributed by atoms with Crippen LogP contribution in [0.1, 0.15) is 45.1 Å². The summed E-state index contributed by atoms with van der Waals surface area (Å²) >= 11 is 0. The van der Waals surface area contributed by atoms with E-state index in [-0.39, 0.29) is 6.10 Å². The smallest absolute Gasteiger partial charge is 0.199 e. The summed E-state index contributed by atoms with van der Waals surface area (Å²) in [5, 5.41) is 10.3. The molecule has 0 radical (unpaired) electrons. The van der Waals surface area contributed by atoms with Crippen LogP contribution >= 0.6 is 0 Å². The molecule has 0 bridgehead atoms. The lowest BCUT2D eigenvalue weighted by Crippen LogP contribution is -2.36. The van der Waals surface area contributed by atoms with Gasteiger partial charge in [0.2, 0.25) is 0 Å². The Morgan fingerprint density at radius 3 is 2.55 bits per heavy atom. The molecule has 1 fully saturated rings. The van der Waals surface area contributed by atoms with E-state index in [1.54, 1.807) is 0 Å². The molecule has 4 atom stereocenters. The first kappa shape index (κ1) is 15.7. The third kappa shape index (κ3) is 2.83. The van der Waals surface area contributed by atoms with E-state index in [0.29, 0.717) is 6.42 Å². The number of epoxide rings is 1. The Kier molecular flexibility index (Phi) is 4.99. The standard InChI is InChI=1S/C16H24O3S/c1-4-6-7-15-16(19-15,14(17)5-2)20(18)13-10-8-12(3)9-11-13/h8-11,14-15,17H,4-7H2,1-3H3/t14-,15+,16+,20?/m0/s1. The van der Waals surface area contributed by atoms with E-state index >= 15 is 0 Å². The summed E-state index contributed by atoms with van der Waals surface area (Å²) in [6.07, 6.45) is 2.78. The van der Waals surface area contributed by atoms with Gasteiger partial charge in [-0.05, 0) is 31.9 Å². The average Bonchev–Trinajstić information content (AvgIpc) is 3.20. The molecule has 0 aliphatic carbocycles. The molecule has 1 N–H and O–H groups in total. The maximum absolute atomic E-state index is 12.8. The van der Waals surface area contributed by atoms with Crippen LogP contribution in [0.2, 0.25) is 0 Å². The van der Waals surface area contributed by atoms with Gasteiger partial charge < -0.3 is 9.84 Å². The Morgan fingerprint density at radius 2 is 2.00 bits per heavy atom. The van der Waals surface area contributed by atoms with E-state index in [2.05, 4.69) is 6.92 Å². The molecule has 3 nitrogen and oxygen atoms in total. The Labute approximate surface area is 123 Å². The highest BCUT2D eigenvalue weighted by Gasteiger charge is 2.65. The monoisotopic (exact) mass is 296 g/mol. The van der Waals surface area contributed by atoms with Crippen LogP contribution in [-0.2, 0) is 15.5 Å². The van der Waals surface area contributed by atoms with Gasteiger partial charge in [-0.15, -0.1) is 0 Å². The van der Waals surface area contributed by atoms with E-state index in [1.165, 1.54) is 0 Å².